The summed E-state index contributed by atoms with van der Waals surface area (Å²) in [5, 5.41) is 12.5. The Hall–Kier alpha value is -3.00. The number of rotatable bonds is 5. The molecule has 5 rings (SSSR count). The third kappa shape index (κ3) is 4.76. The number of fused-ring (bicyclic) bond motifs is 3. The smallest absolute Gasteiger partial charge is 0.407 e. The van der Waals surface area contributed by atoms with Crippen molar-refractivity contribution in [3.05, 3.63) is 59.7 Å². The SMILES string of the molecule is O=C(N[C@H]1CCCCC[C@H]1C(=O)N1CSCC1C(=O)O)OCC1c2ccccc2-c2ccccc21. The molecule has 0 spiro atoms. The second-order valence-electron chi connectivity index (χ2n) is 9.48. The molecule has 2 N–H and O–H groups in total. The fourth-order valence-electron chi connectivity index (χ4n) is 5.64. The molecule has 0 bridgehead atoms. The predicted octanol–water partition coefficient (Wildman–Crippen LogP) is 4.46. The number of hydrogen-bond acceptors (Lipinski definition) is 5. The summed E-state index contributed by atoms with van der Waals surface area (Å²) in [6, 6.07) is 15.2. The number of hydrogen-bond donors (Lipinski definition) is 2. The van der Waals surface area contributed by atoms with Gasteiger partial charge in [-0.05, 0) is 35.1 Å². The summed E-state index contributed by atoms with van der Waals surface area (Å²) in [6.07, 6.45) is 3.58. The predicted molar refractivity (Wildman–Crippen MR) is 134 cm³/mol. The summed E-state index contributed by atoms with van der Waals surface area (Å²) in [7, 11) is 0. The Balaban J connectivity index is 1.26. The first-order chi connectivity index (χ1) is 17.0. The molecule has 1 aliphatic heterocycles. The Bertz CT molecular complexity index is 1080. The van der Waals surface area contributed by atoms with Crippen molar-refractivity contribution in [1.29, 1.82) is 0 Å². The number of amides is 2. The molecule has 3 aliphatic rings. The van der Waals surface area contributed by atoms with Crippen molar-refractivity contribution >= 4 is 29.7 Å². The number of carbonyl (C=O) groups excluding carboxylic acids is 2. The molecular weight excluding hydrogens is 464 g/mol. The monoisotopic (exact) mass is 494 g/mol. The molecule has 0 aromatic heterocycles. The van der Waals surface area contributed by atoms with Gasteiger partial charge in [-0.1, -0.05) is 67.8 Å². The molecule has 7 nitrogen and oxygen atoms in total. The highest BCUT2D eigenvalue weighted by atomic mass is 32.2. The van der Waals surface area contributed by atoms with Crippen molar-refractivity contribution < 1.29 is 24.2 Å². The zero-order valence-electron chi connectivity index (χ0n) is 19.5. The van der Waals surface area contributed by atoms with E-state index in [1.807, 2.05) is 24.3 Å². The molecule has 2 aromatic rings. The standard InChI is InChI=1S/C27H30N2O5S/c30-25(29-16-35-15-24(29)26(31)32)21-12-2-1-3-13-23(21)28-27(33)34-14-22-19-10-6-4-8-17(19)18-9-5-7-11-20(18)22/h4-11,21-24H,1-3,12-16H2,(H,28,33)(H,31,32)/t21-,23+,24?/m1/s1. The van der Waals surface area contributed by atoms with E-state index in [0.717, 1.165) is 30.4 Å². The van der Waals surface area contributed by atoms with Gasteiger partial charge in [-0.15, -0.1) is 11.8 Å². The Labute approximate surface area is 209 Å². The molecule has 35 heavy (non-hydrogen) atoms. The maximum Gasteiger partial charge on any atom is 0.407 e. The molecule has 3 atom stereocenters. The summed E-state index contributed by atoms with van der Waals surface area (Å²) in [5.74, 6) is -0.829. The number of thioether (sulfide) groups is 1. The van der Waals surface area contributed by atoms with E-state index < -0.39 is 24.0 Å². The van der Waals surface area contributed by atoms with Crippen LogP contribution in [0.15, 0.2) is 48.5 Å². The largest absolute Gasteiger partial charge is 0.480 e. The van der Waals surface area contributed by atoms with Crippen molar-refractivity contribution in [3.8, 4) is 11.1 Å². The molecule has 2 aromatic carbocycles. The number of carboxylic acids is 1. The number of benzene rings is 2. The maximum atomic E-state index is 13.4. The second kappa shape index (κ2) is 10.3. The van der Waals surface area contributed by atoms with Crippen LogP contribution in [-0.2, 0) is 14.3 Å². The minimum atomic E-state index is -0.974. The lowest BCUT2D eigenvalue weighted by molar-refractivity contribution is -0.150. The van der Waals surface area contributed by atoms with E-state index in [4.69, 9.17) is 4.74 Å². The van der Waals surface area contributed by atoms with Crippen molar-refractivity contribution in [2.75, 3.05) is 18.2 Å². The van der Waals surface area contributed by atoms with Crippen LogP contribution in [0.4, 0.5) is 4.79 Å². The summed E-state index contributed by atoms with van der Waals surface area (Å²) in [4.78, 5) is 39.4. The fraction of sp³-hybridized carbons (Fsp3) is 0.444. The first-order valence-electron chi connectivity index (χ1n) is 12.3. The van der Waals surface area contributed by atoms with Crippen LogP contribution in [0, 0.1) is 5.92 Å². The van der Waals surface area contributed by atoms with E-state index in [2.05, 4.69) is 29.6 Å². The van der Waals surface area contributed by atoms with Crippen LogP contribution in [0.5, 0.6) is 0 Å². The highest BCUT2D eigenvalue weighted by Crippen LogP contribution is 2.44. The fourth-order valence-corrected chi connectivity index (χ4v) is 6.80. The van der Waals surface area contributed by atoms with Crippen molar-refractivity contribution in [2.24, 2.45) is 5.92 Å². The first kappa shape index (κ1) is 23.7. The molecule has 0 radical (unpaired) electrons. The summed E-state index contributed by atoms with van der Waals surface area (Å²) in [6.45, 7) is 0.217. The summed E-state index contributed by atoms with van der Waals surface area (Å²) < 4.78 is 5.72. The minimum absolute atomic E-state index is 0.0299. The van der Waals surface area contributed by atoms with Crippen LogP contribution in [0.1, 0.15) is 49.1 Å². The number of alkyl carbamates (subject to hydrolysis) is 1. The molecule has 1 saturated heterocycles. The van der Waals surface area contributed by atoms with Crippen LogP contribution in [-0.4, -0.2) is 58.3 Å². The minimum Gasteiger partial charge on any atom is -0.480 e. The van der Waals surface area contributed by atoms with Crippen molar-refractivity contribution in [3.63, 3.8) is 0 Å². The van der Waals surface area contributed by atoms with E-state index in [-0.39, 0.29) is 24.5 Å². The van der Waals surface area contributed by atoms with Gasteiger partial charge in [0.25, 0.3) is 0 Å². The molecule has 1 unspecified atom stereocenters. The number of ether oxygens (including phenoxy) is 1. The number of carboxylic acid groups (broad SMARTS) is 1. The lowest BCUT2D eigenvalue weighted by atomic mass is 9.93. The van der Waals surface area contributed by atoms with E-state index in [9.17, 15) is 19.5 Å². The topological polar surface area (TPSA) is 95.9 Å². The van der Waals surface area contributed by atoms with Crippen molar-refractivity contribution in [1.82, 2.24) is 10.2 Å². The van der Waals surface area contributed by atoms with Crippen LogP contribution < -0.4 is 5.32 Å². The van der Waals surface area contributed by atoms with Crippen LogP contribution >= 0.6 is 11.8 Å². The lowest BCUT2D eigenvalue weighted by Gasteiger charge is -2.30. The highest BCUT2D eigenvalue weighted by Gasteiger charge is 2.41. The average molecular weight is 495 g/mol. The van der Waals surface area contributed by atoms with Gasteiger partial charge in [0, 0.05) is 17.7 Å². The van der Waals surface area contributed by atoms with E-state index >= 15 is 0 Å². The maximum absolute atomic E-state index is 13.4. The molecule has 2 amide bonds. The first-order valence-corrected chi connectivity index (χ1v) is 13.4. The van der Waals surface area contributed by atoms with Gasteiger partial charge < -0.3 is 20.1 Å². The summed E-state index contributed by atoms with van der Waals surface area (Å²) >= 11 is 1.45. The van der Waals surface area contributed by atoms with E-state index in [0.29, 0.717) is 24.5 Å². The highest BCUT2D eigenvalue weighted by molar-refractivity contribution is 7.99. The number of nitrogens with one attached hydrogen (secondary N) is 1. The average Bonchev–Trinajstić information content (AvgIpc) is 3.40. The Morgan fingerprint density at radius 3 is 2.31 bits per heavy atom. The molecule has 1 saturated carbocycles. The van der Waals surface area contributed by atoms with E-state index in [1.54, 1.807) is 0 Å². The van der Waals surface area contributed by atoms with Gasteiger partial charge >= 0.3 is 12.1 Å². The number of aliphatic carboxylic acids is 1. The summed E-state index contributed by atoms with van der Waals surface area (Å²) in [5.41, 5.74) is 4.64. The lowest BCUT2D eigenvalue weighted by Crippen LogP contribution is -2.51. The quantitative estimate of drug-likeness (QED) is 0.596. The van der Waals surface area contributed by atoms with Gasteiger partial charge in [-0.2, -0.15) is 0 Å². The Kier molecular flexibility index (Phi) is 7.00. The Morgan fingerprint density at radius 2 is 1.63 bits per heavy atom. The zero-order chi connectivity index (χ0) is 24.4. The molecule has 1 heterocycles. The number of carbonyl (C=O) groups is 3. The molecule has 2 fully saturated rings. The van der Waals surface area contributed by atoms with Crippen molar-refractivity contribution in [2.45, 2.75) is 50.1 Å². The third-order valence-electron chi connectivity index (χ3n) is 7.43. The number of nitrogens with zero attached hydrogens (tertiary/aromatic N) is 1. The van der Waals surface area contributed by atoms with Gasteiger partial charge in [0.15, 0.2) is 0 Å². The van der Waals surface area contributed by atoms with E-state index in [1.165, 1.54) is 27.8 Å². The zero-order valence-corrected chi connectivity index (χ0v) is 20.3. The van der Waals surface area contributed by atoms with Crippen LogP contribution in [0.25, 0.3) is 11.1 Å². The molecule has 8 heteroatoms. The van der Waals surface area contributed by atoms with Gasteiger partial charge in [0.1, 0.15) is 12.6 Å². The third-order valence-corrected chi connectivity index (χ3v) is 8.44. The molecule has 184 valence electrons. The second-order valence-corrected chi connectivity index (χ2v) is 10.5. The normalized spacial score (nSPS) is 23.8. The van der Waals surface area contributed by atoms with Gasteiger partial charge in [-0.25, -0.2) is 9.59 Å². The van der Waals surface area contributed by atoms with Gasteiger partial charge in [0.2, 0.25) is 5.91 Å². The van der Waals surface area contributed by atoms with Crippen LogP contribution in [0.3, 0.4) is 0 Å². The molecule has 2 aliphatic carbocycles. The van der Waals surface area contributed by atoms with Gasteiger partial charge in [-0.3, -0.25) is 4.79 Å². The van der Waals surface area contributed by atoms with Gasteiger partial charge in [0.05, 0.1) is 11.8 Å². The molecular formula is C27H30N2O5S. The Morgan fingerprint density at radius 1 is 0.971 bits per heavy atom. The van der Waals surface area contributed by atoms with Crippen LogP contribution in [0.2, 0.25) is 0 Å².